The van der Waals surface area contributed by atoms with Gasteiger partial charge in [-0.25, -0.2) is 4.79 Å². The Hall–Kier alpha value is -4.70. The highest BCUT2D eigenvalue weighted by Gasteiger charge is 2.32. The number of allylic oxidation sites excluding steroid dienone is 1. The summed E-state index contributed by atoms with van der Waals surface area (Å²) in [6, 6.07) is 21.2. The van der Waals surface area contributed by atoms with Gasteiger partial charge in [0, 0.05) is 17.2 Å². The second-order valence-corrected chi connectivity index (χ2v) is 7.38. The first-order valence-electron chi connectivity index (χ1n) is 10.5. The molecule has 0 saturated carbocycles. The Morgan fingerprint density at radius 3 is 2.56 bits per heavy atom. The van der Waals surface area contributed by atoms with E-state index in [1.165, 1.54) is 0 Å². The quantitative estimate of drug-likeness (QED) is 0.314. The Labute approximate surface area is 197 Å². The number of nitrogens with two attached hydrogens (primary N) is 1. The standard InChI is InChI=1S/C27H22N2O5/c1-3-14-32-18-10-8-17(9-11-18)27(30)33-19-12-13-21-24(15-19)34-26(29)22(16-28)25(21)20-6-4-5-7-23(20)31-2/h3-13,15,25H,1,14,29H2,2H3. The van der Waals surface area contributed by atoms with Crippen LogP contribution in [0.1, 0.15) is 27.4 Å². The molecule has 0 spiro atoms. The summed E-state index contributed by atoms with van der Waals surface area (Å²) >= 11 is 0. The molecular formula is C27H22N2O5. The van der Waals surface area contributed by atoms with Crippen LogP contribution in [0.4, 0.5) is 0 Å². The van der Waals surface area contributed by atoms with E-state index in [0.29, 0.717) is 35.0 Å². The molecule has 1 unspecified atom stereocenters. The van der Waals surface area contributed by atoms with E-state index < -0.39 is 11.9 Å². The third-order valence-electron chi connectivity index (χ3n) is 5.31. The number of nitriles is 1. The predicted molar refractivity (Wildman–Crippen MR) is 126 cm³/mol. The van der Waals surface area contributed by atoms with Crippen molar-refractivity contribution in [3.05, 3.63) is 108 Å². The van der Waals surface area contributed by atoms with Crippen LogP contribution in [0.15, 0.2) is 90.8 Å². The molecule has 1 atom stereocenters. The summed E-state index contributed by atoms with van der Waals surface area (Å²) < 4.78 is 22.2. The Kier molecular flexibility index (Phi) is 6.51. The van der Waals surface area contributed by atoms with Gasteiger partial charge in [0.1, 0.15) is 41.2 Å². The van der Waals surface area contributed by atoms with E-state index in [1.54, 1.807) is 55.7 Å². The van der Waals surface area contributed by atoms with Crippen molar-refractivity contribution in [1.82, 2.24) is 0 Å². The number of carbonyl (C=O) groups excluding carboxylic acids is 1. The van der Waals surface area contributed by atoms with Crippen molar-refractivity contribution in [3.63, 3.8) is 0 Å². The SMILES string of the molecule is C=CCOc1ccc(C(=O)Oc2ccc3c(c2)OC(N)=C(C#N)C3c2ccccc2OC)cc1. The van der Waals surface area contributed by atoms with E-state index in [-0.39, 0.29) is 17.2 Å². The predicted octanol–water partition coefficient (Wildman–Crippen LogP) is 4.70. The van der Waals surface area contributed by atoms with Crippen LogP contribution < -0.4 is 24.7 Å². The molecule has 2 N–H and O–H groups in total. The van der Waals surface area contributed by atoms with Crippen LogP contribution in [-0.4, -0.2) is 19.7 Å². The van der Waals surface area contributed by atoms with Gasteiger partial charge >= 0.3 is 5.97 Å². The van der Waals surface area contributed by atoms with Crippen LogP contribution in [0.3, 0.4) is 0 Å². The van der Waals surface area contributed by atoms with E-state index in [2.05, 4.69) is 12.6 Å². The lowest BCUT2D eigenvalue weighted by atomic mass is 9.83. The zero-order valence-electron chi connectivity index (χ0n) is 18.5. The van der Waals surface area contributed by atoms with E-state index in [9.17, 15) is 10.1 Å². The summed E-state index contributed by atoms with van der Waals surface area (Å²) in [5.74, 6) is 0.887. The molecule has 0 aromatic heterocycles. The van der Waals surface area contributed by atoms with Crippen molar-refractivity contribution in [2.24, 2.45) is 5.73 Å². The van der Waals surface area contributed by atoms with E-state index in [0.717, 1.165) is 5.56 Å². The molecule has 0 amide bonds. The number of benzene rings is 3. The minimum Gasteiger partial charge on any atom is -0.496 e. The van der Waals surface area contributed by atoms with Crippen LogP contribution in [0.2, 0.25) is 0 Å². The molecule has 0 aliphatic carbocycles. The Morgan fingerprint density at radius 1 is 1.12 bits per heavy atom. The van der Waals surface area contributed by atoms with Crippen LogP contribution in [-0.2, 0) is 0 Å². The first kappa shape index (κ1) is 22.5. The van der Waals surface area contributed by atoms with Gasteiger partial charge in [0.2, 0.25) is 5.88 Å². The molecule has 0 bridgehead atoms. The van der Waals surface area contributed by atoms with Crippen molar-refractivity contribution < 1.29 is 23.7 Å². The fourth-order valence-corrected chi connectivity index (χ4v) is 3.73. The van der Waals surface area contributed by atoms with Crippen molar-refractivity contribution >= 4 is 5.97 Å². The normalized spacial score (nSPS) is 14.3. The lowest BCUT2D eigenvalue weighted by molar-refractivity contribution is 0.0734. The van der Waals surface area contributed by atoms with Crippen LogP contribution in [0.25, 0.3) is 0 Å². The van der Waals surface area contributed by atoms with Crippen LogP contribution in [0, 0.1) is 11.3 Å². The van der Waals surface area contributed by atoms with E-state index >= 15 is 0 Å². The summed E-state index contributed by atoms with van der Waals surface area (Å²) in [4.78, 5) is 12.6. The molecule has 7 nitrogen and oxygen atoms in total. The lowest BCUT2D eigenvalue weighted by Crippen LogP contribution is -2.21. The van der Waals surface area contributed by atoms with Gasteiger partial charge in [-0.05, 0) is 36.4 Å². The number of para-hydroxylation sites is 1. The highest BCUT2D eigenvalue weighted by atomic mass is 16.5. The Balaban J connectivity index is 1.62. The average molecular weight is 454 g/mol. The molecule has 7 heteroatoms. The number of ether oxygens (including phenoxy) is 4. The first-order valence-corrected chi connectivity index (χ1v) is 10.5. The molecule has 170 valence electrons. The summed E-state index contributed by atoms with van der Waals surface area (Å²) in [6.07, 6.45) is 1.64. The topological polar surface area (TPSA) is 104 Å². The van der Waals surface area contributed by atoms with Crippen LogP contribution in [0.5, 0.6) is 23.0 Å². The number of hydrogen-bond acceptors (Lipinski definition) is 7. The van der Waals surface area contributed by atoms with Gasteiger partial charge < -0.3 is 24.7 Å². The number of nitrogens with zero attached hydrogens (tertiary/aromatic N) is 1. The molecule has 0 saturated heterocycles. The Bertz CT molecular complexity index is 1310. The van der Waals surface area contributed by atoms with Crippen molar-refractivity contribution in [2.45, 2.75) is 5.92 Å². The minimum atomic E-state index is -0.534. The molecule has 4 rings (SSSR count). The molecule has 1 aliphatic heterocycles. The monoisotopic (exact) mass is 454 g/mol. The van der Waals surface area contributed by atoms with Gasteiger partial charge in [-0.2, -0.15) is 5.26 Å². The Morgan fingerprint density at radius 2 is 1.85 bits per heavy atom. The third kappa shape index (κ3) is 4.43. The summed E-state index contributed by atoms with van der Waals surface area (Å²) in [5.41, 5.74) is 8.21. The second-order valence-electron chi connectivity index (χ2n) is 7.38. The molecule has 1 heterocycles. The fraction of sp³-hybridized carbons (Fsp3) is 0.111. The second kappa shape index (κ2) is 9.84. The number of carbonyl (C=O) groups is 1. The zero-order chi connectivity index (χ0) is 24.1. The van der Waals surface area contributed by atoms with Crippen LogP contribution >= 0.6 is 0 Å². The van der Waals surface area contributed by atoms with Crippen molar-refractivity contribution in [1.29, 1.82) is 5.26 Å². The maximum absolute atomic E-state index is 12.6. The van der Waals surface area contributed by atoms with Crippen molar-refractivity contribution in [3.8, 4) is 29.1 Å². The molecule has 0 fully saturated rings. The molecule has 3 aromatic carbocycles. The molecule has 1 aliphatic rings. The minimum absolute atomic E-state index is 0.00973. The van der Waals surface area contributed by atoms with Gasteiger partial charge in [0.05, 0.1) is 18.6 Å². The van der Waals surface area contributed by atoms with Gasteiger partial charge in [-0.1, -0.05) is 36.9 Å². The number of esters is 1. The third-order valence-corrected chi connectivity index (χ3v) is 5.31. The average Bonchev–Trinajstić information content (AvgIpc) is 2.86. The first-order chi connectivity index (χ1) is 16.5. The van der Waals surface area contributed by atoms with Gasteiger partial charge in [0.15, 0.2) is 0 Å². The highest BCUT2D eigenvalue weighted by molar-refractivity contribution is 5.91. The highest BCUT2D eigenvalue weighted by Crippen LogP contribution is 2.45. The summed E-state index contributed by atoms with van der Waals surface area (Å²) in [7, 11) is 1.57. The van der Waals surface area contributed by atoms with Crippen molar-refractivity contribution in [2.75, 3.05) is 13.7 Å². The number of fused-ring (bicyclic) bond motifs is 1. The molecule has 0 radical (unpaired) electrons. The number of methoxy groups -OCH3 is 1. The number of hydrogen-bond donors (Lipinski definition) is 1. The largest absolute Gasteiger partial charge is 0.496 e. The van der Waals surface area contributed by atoms with Gasteiger partial charge in [0.25, 0.3) is 0 Å². The fourth-order valence-electron chi connectivity index (χ4n) is 3.73. The molecule has 34 heavy (non-hydrogen) atoms. The van der Waals surface area contributed by atoms with Gasteiger partial charge in [-0.15, -0.1) is 0 Å². The number of rotatable bonds is 7. The maximum Gasteiger partial charge on any atom is 0.343 e. The molecular weight excluding hydrogens is 432 g/mol. The summed E-state index contributed by atoms with van der Waals surface area (Å²) in [6.45, 7) is 3.98. The maximum atomic E-state index is 12.6. The van der Waals surface area contributed by atoms with E-state index in [1.807, 2.05) is 24.3 Å². The molecule has 3 aromatic rings. The summed E-state index contributed by atoms with van der Waals surface area (Å²) in [5, 5.41) is 9.76. The zero-order valence-corrected chi connectivity index (χ0v) is 18.5. The van der Waals surface area contributed by atoms with Gasteiger partial charge in [-0.3, -0.25) is 0 Å². The smallest absolute Gasteiger partial charge is 0.343 e. The van der Waals surface area contributed by atoms with E-state index in [4.69, 9.17) is 24.7 Å². The lowest BCUT2D eigenvalue weighted by Gasteiger charge is -2.27.